The van der Waals surface area contributed by atoms with Crippen LogP contribution in [0, 0.1) is 5.92 Å². The molecule has 1 unspecified atom stereocenters. The summed E-state index contributed by atoms with van der Waals surface area (Å²) in [6.07, 6.45) is 1.67. The SMILES string of the molecule is CC(C)C(Nc1ccc(N)cn1)c1cccs1. The average molecular weight is 247 g/mol. The molecule has 0 radical (unpaired) electrons. The number of nitrogens with zero attached hydrogens (tertiary/aromatic N) is 1. The fraction of sp³-hybridized carbons (Fsp3) is 0.308. The molecule has 4 heteroatoms. The average Bonchev–Trinajstić information content (AvgIpc) is 2.81. The largest absolute Gasteiger partial charge is 0.397 e. The number of anilines is 2. The van der Waals surface area contributed by atoms with Crippen molar-refractivity contribution in [2.75, 3.05) is 11.1 Å². The number of nitrogens with one attached hydrogen (secondary N) is 1. The lowest BCUT2D eigenvalue weighted by Crippen LogP contribution is -2.16. The molecule has 2 aromatic heterocycles. The zero-order chi connectivity index (χ0) is 12.3. The van der Waals surface area contributed by atoms with E-state index in [9.17, 15) is 0 Å². The molecular formula is C13H17N3S. The maximum Gasteiger partial charge on any atom is 0.126 e. The van der Waals surface area contributed by atoms with Gasteiger partial charge in [-0.25, -0.2) is 4.98 Å². The molecule has 0 amide bonds. The van der Waals surface area contributed by atoms with Crippen LogP contribution < -0.4 is 11.1 Å². The van der Waals surface area contributed by atoms with E-state index in [2.05, 4.69) is 41.7 Å². The van der Waals surface area contributed by atoms with Crippen LogP contribution in [0.4, 0.5) is 11.5 Å². The summed E-state index contributed by atoms with van der Waals surface area (Å²) in [5, 5.41) is 5.55. The zero-order valence-electron chi connectivity index (χ0n) is 10.1. The van der Waals surface area contributed by atoms with Crippen LogP contribution in [-0.4, -0.2) is 4.98 Å². The standard InChI is InChI=1S/C13H17N3S/c1-9(2)13(11-4-3-7-17-11)16-12-6-5-10(14)8-15-12/h3-9,13H,14H2,1-2H3,(H,15,16). The van der Waals surface area contributed by atoms with Gasteiger partial charge in [-0.05, 0) is 29.5 Å². The first-order chi connectivity index (χ1) is 8.16. The highest BCUT2D eigenvalue weighted by molar-refractivity contribution is 7.10. The van der Waals surface area contributed by atoms with Crippen LogP contribution in [0.5, 0.6) is 0 Å². The summed E-state index contributed by atoms with van der Waals surface area (Å²) in [4.78, 5) is 5.61. The number of nitrogens with two attached hydrogens (primary N) is 1. The Bertz CT molecular complexity index is 448. The summed E-state index contributed by atoms with van der Waals surface area (Å²) in [5.74, 6) is 1.37. The Morgan fingerprint density at radius 1 is 1.29 bits per heavy atom. The van der Waals surface area contributed by atoms with Crippen LogP contribution in [0.25, 0.3) is 0 Å². The topological polar surface area (TPSA) is 50.9 Å². The molecule has 0 aromatic carbocycles. The van der Waals surface area contributed by atoms with Gasteiger partial charge in [-0.2, -0.15) is 0 Å². The molecule has 3 N–H and O–H groups in total. The normalized spacial score (nSPS) is 12.6. The minimum absolute atomic E-state index is 0.297. The van der Waals surface area contributed by atoms with Crippen molar-refractivity contribution in [1.29, 1.82) is 0 Å². The summed E-state index contributed by atoms with van der Waals surface area (Å²) in [6, 6.07) is 8.30. The van der Waals surface area contributed by atoms with E-state index in [1.165, 1.54) is 4.88 Å². The van der Waals surface area contributed by atoms with Gasteiger partial charge < -0.3 is 11.1 Å². The summed E-state index contributed by atoms with van der Waals surface area (Å²) in [7, 11) is 0. The molecule has 0 aliphatic rings. The van der Waals surface area contributed by atoms with Gasteiger partial charge in [0.05, 0.1) is 17.9 Å². The molecule has 3 nitrogen and oxygen atoms in total. The molecular weight excluding hydrogens is 230 g/mol. The van der Waals surface area contributed by atoms with Gasteiger partial charge >= 0.3 is 0 Å². The molecule has 2 aromatic rings. The number of pyridine rings is 1. The molecule has 0 aliphatic carbocycles. The molecule has 0 aliphatic heterocycles. The Labute approximate surface area is 106 Å². The van der Waals surface area contributed by atoms with Crippen LogP contribution in [0.2, 0.25) is 0 Å². The Kier molecular flexibility index (Phi) is 3.64. The van der Waals surface area contributed by atoms with E-state index in [1.54, 1.807) is 17.5 Å². The van der Waals surface area contributed by atoms with Crippen molar-refractivity contribution >= 4 is 22.8 Å². The van der Waals surface area contributed by atoms with Crippen molar-refractivity contribution in [1.82, 2.24) is 4.98 Å². The Balaban J connectivity index is 2.16. The van der Waals surface area contributed by atoms with Crippen LogP contribution in [0.3, 0.4) is 0 Å². The fourth-order valence-corrected chi connectivity index (χ4v) is 2.63. The minimum atomic E-state index is 0.297. The molecule has 0 spiro atoms. The summed E-state index contributed by atoms with van der Waals surface area (Å²) in [6.45, 7) is 4.41. The summed E-state index contributed by atoms with van der Waals surface area (Å²) < 4.78 is 0. The van der Waals surface area contributed by atoms with Crippen molar-refractivity contribution in [3.63, 3.8) is 0 Å². The van der Waals surface area contributed by atoms with E-state index in [1.807, 2.05) is 12.1 Å². The fourth-order valence-electron chi connectivity index (χ4n) is 1.68. The van der Waals surface area contributed by atoms with Crippen molar-refractivity contribution < 1.29 is 0 Å². The van der Waals surface area contributed by atoms with Gasteiger partial charge in [0.1, 0.15) is 5.82 Å². The minimum Gasteiger partial charge on any atom is -0.397 e. The van der Waals surface area contributed by atoms with E-state index < -0.39 is 0 Å². The van der Waals surface area contributed by atoms with E-state index in [4.69, 9.17) is 5.73 Å². The van der Waals surface area contributed by atoms with Gasteiger partial charge in [-0.15, -0.1) is 11.3 Å². The smallest absolute Gasteiger partial charge is 0.126 e. The highest BCUT2D eigenvalue weighted by Gasteiger charge is 2.16. The third kappa shape index (κ3) is 2.97. The van der Waals surface area contributed by atoms with Gasteiger partial charge in [0.2, 0.25) is 0 Å². The van der Waals surface area contributed by atoms with Gasteiger partial charge in [-0.3, -0.25) is 0 Å². The molecule has 0 fully saturated rings. The van der Waals surface area contributed by atoms with Gasteiger partial charge in [-0.1, -0.05) is 19.9 Å². The number of hydrogen-bond acceptors (Lipinski definition) is 4. The van der Waals surface area contributed by atoms with Crippen molar-refractivity contribution in [2.24, 2.45) is 5.92 Å². The predicted octanol–water partition coefficient (Wildman–Crippen LogP) is 3.53. The quantitative estimate of drug-likeness (QED) is 0.869. The van der Waals surface area contributed by atoms with E-state index >= 15 is 0 Å². The summed E-state index contributed by atoms with van der Waals surface area (Å²) >= 11 is 1.77. The third-order valence-electron chi connectivity index (χ3n) is 2.61. The molecule has 0 saturated heterocycles. The van der Waals surface area contributed by atoms with Crippen LogP contribution in [0.1, 0.15) is 24.8 Å². The second-order valence-electron chi connectivity index (χ2n) is 4.36. The summed E-state index contributed by atoms with van der Waals surface area (Å²) in [5.41, 5.74) is 6.31. The number of nitrogen functional groups attached to an aromatic ring is 1. The van der Waals surface area contributed by atoms with Gasteiger partial charge in [0.15, 0.2) is 0 Å². The first kappa shape index (κ1) is 11.9. The molecule has 0 bridgehead atoms. The zero-order valence-corrected chi connectivity index (χ0v) is 10.9. The monoisotopic (exact) mass is 247 g/mol. The maximum absolute atomic E-state index is 5.62. The van der Waals surface area contributed by atoms with Gasteiger partial charge in [0.25, 0.3) is 0 Å². The Hall–Kier alpha value is -1.55. The first-order valence-corrected chi connectivity index (χ1v) is 6.56. The molecule has 2 heterocycles. The van der Waals surface area contributed by atoms with E-state index in [0.717, 1.165) is 5.82 Å². The van der Waals surface area contributed by atoms with Crippen molar-refractivity contribution in [3.8, 4) is 0 Å². The highest BCUT2D eigenvalue weighted by atomic mass is 32.1. The lowest BCUT2D eigenvalue weighted by Gasteiger charge is -2.21. The van der Waals surface area contributed by atoms with E-state index in [0.29, 0.717) is 17.6 Å². The van der Waals surface area contributed by atoms with Crippen LogP contribution in [-0.2, 0) is 0 Å². The lowest BCUT2D eigenvalue weighted by atomic mass is 10.0. The molecule has 2 rings (SSSR count). The Morgan fingerprint density at radius 2 is 2.12 bits per heavy atom. The maximum atomic E-state index is 5.62. The molecule has 1 atom stereocenters. The third-order valence-corrected chi connectivity index (χ3v) is 3.56. The lowest BCUT2D eigenvalue weighted by molar-refractivity contribution is 0.552. The number of hydrogen-bond donors (Lipinski definition) is 2. The number of rotatable bonds is 4. The van der Waals surface area contributed by atoms with Crippen LogP contribution in [0.15, 0.2) is 35.8 Å². The Morgan fingerprint density at radius 3 is 2.65 bits per heavy atom. The first-order valence-electron chi connectivity index (χ1n) is 5.68. The number of thiophene rings is 1. The molecule has 0 saturated carbocycles. The second-order valence-corrected chi connectivity index (χ2v) is 5.34. The second kappa shape index (κ2) is 5.19. The highest BCUT2D eigenvalue weighted by Crippen LogP contribution is 2.29. The predicted molar refractivity (Wildman–Crippen MR) is 74.2 cm³/mol. The molecule has 17 heavy (non-hydrogen) atoms. The van der Waals surface area contributed by atoms with Crippen LogP contribution >= 0.6 is 11.3 Å². The molecule has 90 valence electrons. The van der Waals surface area contributed by atoms with Gasteiger partial charge in [0, 0.05) is 4.88 Å². The van der Waals surface area contributed by atoms with E-state index in [-0.39, 0.29) is 0 Å². The van der Waals surface area contributed by atoms with Crippen molar-refractivity contribution in [2.45, 2.75) is 19.9 Å². The number of aromatic nitrogens is 1. The van der Waals surface area contributed by atoms with Crippen molar-refractivity contribution in [3.05, 3.63) is 40.7 Å².